The summed E-state index contributed by atoms with van der Waals surface area (Å²) in [6, 6.07) is 7.41. The molecule has 0 radical (unpaired) electrons. The molecule has 2 atom stereocenters. The number of rotatable bonds is 6. The standard InChI is InChI=1S/C15H21ClN4O2S2/c1-3-19(4-2)12-7-5-11(6-8-12)18-24(21,22)14-13(16)17-15-20(14)9-10-23-15/h5-8,13-14,18H,3-4,9-10H2,1-2H3. The molecule has 1 aromatic carbocycles. The van der Waals surface area contributed by atoms with Crippen molar-refractivity contribution < 1.29 is 8.42 Å². The normalized spacial score (nSPS) is 23.1. The van der Waals surface area contributed by atoms with Crippen LogP contribution in [-0.4, -0.2) is 54.7 Å². The van der Waals surface area contributed by atoms with Crippen molar-refractivity contribution in [3.8, 4) is 0 Å². The molecule has 0 saturated carbocycles. The van der Waals surface area contributed by atoms with Crippen LogP contribution in [0.15, 0.2) is 29.3 Å². The summed E-state index contributed by atoms with van der Waals surface area (Å²) in [5, 5.41) is -0.131. The van der Waals surface area contributed by atoms with Gasteiger partial charge in [-0.25, -0.2) is 13.4 Å². The molecule has 3 rings (SSSR count). The Morgan fingerprint density at radius 1 is 1.33 bits per heavy atom. The van der Waals surface area contributed by atoms with Crippen molar-refractivity contribution in [3.05, 3.63) is 24.3 Å². The number of hydrogen-bond acceptors (Lipinski definition) is 6. The van der Waals surface area contributed by atoms with Crippen LogP contribution in [0.25, 0.3) is 0 Å². The molecule has 0 amide bonds. The van der Waals surface area contributed by atoms with E-state index in [1.165, 1.54) is 0 Å². The molecule has 24 heavy (non-hydrogen) atoms. The van der Waals surface area contributed by atoms with E-state index >= 15 is 0 Å². The van der Waals surface area contributed by atoms with Gasteiger partial charge in [-0.15, -0.1) is 0 Å². The Morgan fingerprint density at radius 3 is 2.62 bits per heavy atom. The first-order valence-corrected chi connectivity index (χ1v) is 10.9. The number of nitrogens with one attached hydrogen (secondary N) is 1. The summed E-state index contributed by atoms with van der Waals surface area (Å²) in [6.07, 6.45) is 0. The van der Waals surface area contributed by atoms with E-state index in [-0.39, 0.29) is 0 Å². The van der Waals surface area contributed by atoms with Crippen LogP contribution in [0.5, 0.6) is 0 Å². The monoisotopic (exact) mass is 388 g/mol. The van der Waals surface area contributed by atoms with E-state index in [2.05, 4.69) is 28.5 Å². The molecule has 132 valence electrons. The average Bonchev–Trinajstić information content (AvgIpc) is 3.09. The Morgan fingerprint density at radius 2 is 2.00 bits per heavy atom. The zero-order chi connectivity index (χ0) is 17.3. The summed E-state index contributed by atoms with van der Waals surface area (Å²) >= 11 is 7.71. The summed E-state index contributed by atoms with van der Waals surface area (Å²) in [5.41, 5.74) is 0.830. The van der Waals surface area contributed by atoms with Crippen molar-refractivity contribution in [1.82, 2.24) is 4.90 Å². The van der Waals surface area contributed by atoms with Gasteiger partial charge in [-0.1, -0.05) is 23.4 Å². The largest absolute Gasteiger partial charge is 0.372 e. The quantitative estimate of drug-likeness (QED) is 0.599. The molecule has 0 aliphatic carbocycles. The fourth-order valence-corrected chi connectivity index (χ4v) is 6.22. The summed E-state index contributed by atoms with van der Waals surface area (Å²) in [4.78, 5) is 8.22. The second-order valence-electron chi connectivity index (χ2n) is 5.58. The van der Waals surface area contributed by atoms with Crippen molar-refractivity contribution in [2.75, 3.05) is 35.0 Å². The lowest BCUT2D eigenvalue weighted by molar-refractivity contribution is 0.431. The number of amidine groups is 1. The molecule has 9 heteroatoms. The lowest BCUT2D eigenvalue weighted by Crippen LogP contribution is -2.44. The van der Waals surface area contributed by atoms with Crippen LogP contribution in [0.4, 0.5) is 11.4 Å². The van der Waals surface area contributed by atoms with Gasteiger partial charge in [0.1, 0.15) is 0 Å². The van der Waals surface area contributed by atoms with Gasteiger partial charge in [-0.2, -0.15) is 0 Å². The van der Waals surface area contributed by atoms with Gasteiger partial charge in [0.15, 0.2) is 16.0 Å². The van der Waals surface area contributed by atoms with Crippen LogP contribution in [0, 0.1) is 0 Å². The van der Waals surface area contributed by atoms with Gasteiger partial charge in [-0.3, -0.25) is 4.72 Å². The Bertz CT molecular complexity index is 719. The summed E-state index contributed by atoms with van der Waals surface area (Å²) in [6.45, 7) is 6.65. The van der Waals surface area contributed by atoms with Crippen LogP contribution in [-0.2, 0) is 10.0 Å². The molecule has 0 aromatic heterocycles. The van der Waals surface area contributed by atoms with Gasteiger partial charge in [0.05, 0.1) is 0 Å². The van der Waals surface area contributed by atoms with E-state index in [0.29, 0.717) is 12.2 Å². The molecule has 1 saturated heterocycles. The van der Waals surface area contributed by atoms with Gasteiger partial charge in [0.25, 0.3) is 10.0 Å². The Hall–Kier alpha value is -1.12. The van der Waals surface area contributed by atoms with E-state index in [4.69, 9.17) is 11.6 Å². The van der Waals surface area contributed by atoms with E-state index in [9.17, 15) is 8.42 Å². The van der Waals surface area contributed by atoms with Gasteiger partial charge < -0.3 is 9.80 Å². The van der Waals surface area contributed by atoms with Crippen molar-refractivity contribution >= 4 is 49.9 Å². The van der Waals surface area contributed by atoms with Crippen LogP contribution in [0.1, 0.15) is 13.8 Å². The minimum Gasteiger partial charge on any atom is -0.372 e. The summed E-state index contributed by atoms with van der Waals surface area (Å²) < 4.78 is 28.2. The molecule has 0 bridgehead atoms. The average molecular weight is 389 g/mol. The van der Waals surface area contributed by atoms with Gasteiger partial charge in [0.2, 0.25) is 0 Å². The zero-order valence-corrected chi connectivity index (χ0v) is 16.0. The Balaban J connectivity index is 1.75. The predicted molar refractivity (Wildman–Crippen MR) is 103 cm³/mol. The maximum absolute atomic E-state index is 12.8. The Labute approximate surface area is 152 Å². The molecule has 1 fully saturated rings. The number of alkyl halides is 1. The maximum Gasteiger partial charge on any atom is 0.257 e. The van der Waals surface area contributed by atoms with Gasteiger partial charge in [0, 0.05) is 36.8 Å². The molecule has 0 spiro atoms. The van der Waals surface area contributed by atoms with E-state index in [1.54, 1.807) is 28.8 Å². The molecule has 6 nitrogen and oxygen atoms in total. The minimum absolute atomic E-state index is 0.537. The van der Waals surface area contributed by atoms with E-state index < -0.39 is 20.9 Å². The van der Waals surface area contributed by atoms with Gasteiger partial charge in [-0.05, 0) is 38.1 Å². The SMILES string of the molecule is CCN(CC)c1ccc(NS(=O)(=O)C2C(Cl)N=C3SCCN32)cc1. The molecule has 2 aliphatic heterocycles. The summed E-state index contributed by atoms with van der Waals surface area (Å²) in [5.74, 6) is 0.840. The molecular weight excluding hydrogens is 368 g/mol. The summed E-state index contributed by atoms with van der Waals surface area (Å²) in [7, 11) is -3.66. The zero-order valence-electron chi connectivity index (χ0n) is 13.6. The number of thioether (sulfide) groups is 1. The number of nitrogens with zero attached hydrogens (tertiary/aromatic N) is 3. The first-order chi connectivity index (χ1) is 11.5. The highest BCUT2D eigenvalue weighted by molar-refractivity contribution is 8.14. The molecular formula is C15H21ClN4O2S2. The molecule has 2 heterocycles. The van der Waals surface area contributed by atoms with Crippen LogP contribution >= 0.6 is 23.4 Å². The van der Waals surface area contributed by atoms with Crippen molar-refractivity contribution in [2.24, 2.45) is 4.99 Å². The highest BCUT2D eigenvalue weighted by Gasteiger charge is 2.46. The smallest absolute Gasteiger partial charge is 0.257 e. The number of halogens is 1. The molecule has 1 aromatic rings. The first kappa shape index (κ1) is 17.7. The topological polar surface area (TPSA) is 65.0 Å². The fourth-order valence-electron chi connectivity index (χ4n) is 2.95. The van der Waals surface area contributed by atoms with Crippen molar-refractivity contribution in [2.45, 2.75) is 24.7 Å². The number of fused-ring (bicyclic) bond motifs is 1. The predicted octanol–water partition coefficient (Wildman–Crippen LogP) is 2.58. The van der Waals surface area contributed by atoms with E-state index in [1.807, 2.05) is 12.1 Å². The highest BCUT2D eigenvalue weighted by atomic mass is 35.5. The van der Waals surface area contributed by atoms with Crippen LogP contribution in [0.2, 0.25) is 0 Å². The van der Waals surface area contributed by atoms with E-state index in [0.717, 1.165) is 29.7 Å². The van der Waals surface area contributed by atoms with Crippen molar-refractivity contribution in [3.63, 3.8) is 0 Å². The third kappa shape index (κ3) is 3.32. The highest BCUT2D eigenvalue weighted by Crippen LogP contribution is 2.34. The number of sulfonamides is 1. The van der Waals surface area contributed by atoms with Crippen LogP contribution < -0.4 is 9.62 Å². The third-order valence-electron chi connectivity index (χ3n) is 4.16. The molecule has 1 N–H and O–H groups in total. The number of aliphatic imine (C=N–C) groups is 1. The first-order valence-electron chi connectivity index (χ1n) is 7.94. The molecule has 2 unspecified atom stereocenters. The maximum atomic E-state index is 12.8. The number of hydrogen-bond donors (Lipinski definition) is 1. The van der Waals surface area contributed by atoms with Crippen LogP contribution in [0.3, 0.4) is 0 Å². The lowest BCUT2D eigenvalue weighted by Gasteiger charge is -2.25. The minimum atomic E-state index is -3.66. The number of benzene rings is 1. The second-order valence-corrected chi connectivity index (χ2v) is 8.87. The fraction of sp³-hybridized carbons (Fsp3) is 0.533. The van der Waals surface area contributed by atoms with Crippen molar-refractivity contribution in [1.29, 1.82) is 0 Å². The van der Waals surface area contributed by atoms with Gasteiger partial charge >= 0.3 is 0 Å². The second kappa shape index (κ2) is 7.01. The molecule has 2 aliphatic rings. The lowest BCUT2D eigenvalue weighted by atomic mass is 10.2. The third-order valence-corrected chi connectivity index (χ3v) is 7.30. The Kier molecular flexibility index (Phi) is 5.17. The number of anilines is 2.